The number of hydrogen-bond acceptors (Lipinski definition) is 6. The summed E-state index contributed by atoms with van der Waals surface area (Å²) in [4.78, 5) is 32.6. The van der Waals surface area contributed by atoms with Crippen LogP contribution in [-0.2, 0) is 4.79 Å². The number of amides is 1. The van der Waals surface area contributed by atoms with Gasteiger partial charge in [0, 0.05) is 44.8 Å². The Bertz CT molecular complexity index is 720. The molecule has 10 heteroatoms. The van der Waals surface area contributed by atoms with Gasteiger partial charge >= 0.3 is 0 Å². The molecule has 0 radical (unpaired) electrons. The van der Waals surface area contributed by atoms with Crippen LogP contribution in [0.15, 0.2) is 48.0 Å². The molecule has 138 valence electrons. The van der Waals surface area contributed by atoms with Crippen molar-refractivity contribution in [3.8, 4) is 0 Å². The topological polar surface area (TPSA) is 113 Å². The summed E-state index contributed by atoms with van der Waals surface area (Å²) in [6, 6.07) is 5.31. The molecule has 0 unspecified atom stereocenters. The maximum absolute atomic E-state index is 11.9. The van der Waals surface area contributed by atoms with E-state index in [0.29, 0.717) is 30.7 Å². The van der Waals surface area contributed by atoms with Crippen molar-refractivity contribution >= 4 is 47.5 Å². The van der Waals surface area contributed by atoms with Crippen molar-refractivity contribution < 1.29 is 4.79 Å². The lowest BCUT2D eigenvalue weighted by Crippen LogP contribution is -2.51. The Morgan fingerprint density at radius 1 is 1.15 bits per heavy atom. The molecule has 1 amide bonds. The van der Waals surface area contributed by atoms with Crippen LogP contribution in [0.1, 0.15) is 0 Å². The average Bonchev–Trinajstić information content (AvgIpc) is 2.68. The van der Waals surface area contributed by atoms with Gasteiger partial charge in [-0.15, -0.1) is 24.0 Å². The average molecular weight is 468 g/mol. The first-order valence-corrected chi connectivity index (χ1v) is 7.99. The normalized spacial score (nSPS) is 14.5. The summed E-state index contributed by atoms with van der Waals surface area (Å²) in [6.07, 6.45) is 6.68. The van der Waals surface area contributed by atoms with E-state index in [2.05, 4.69) is 30.2 Å². The monoisotopic (exact) mass is 468 g/mol. The van der Waals surface area contributed by atoms with Crippen LogP contribution in [0.5, 0.6) is 0 Å². The second-order valence-electron chi connectivity index (χ2n) is 5.49. The number of rotatable bonds is 4. The van der Waals surface area contributed by atoms with Crippen LogP contribution < -0.4 is 16.0 Å². The molecule has 0 saturated carbocycles. The molecule has 1 fully saturated rings. The largest absolute Gasteiger partial charge is 0.370 e. The molecule has 3 heterocycles. The molecule has 3 N–H and O–H groups in total. The second-order valence-corrected chi connectivity index (χ2v) is 5.49. The highest BCUT2D eigenvalue weighted by Gasteiger charge is 2.20. The zero-order chi connectivity index (χ0) is 17.5. The van der Waals surface area contributed by atoms with Crippen molar-refractivity contribution in [2.45, 2.75) is 0 Å². The summed E-state index contributed by atoms with van der Waals surface area (Å²) in [5.74, 6) is 0.857. The standard InChI is InChI=1S/C16H20N8O.HI/c17-15(21-12-14(25)22-13-3-1-4-18-11-13)23-7-9-24(10-8-23)16-19-5-2-6-20-16;/h1-6,11H,7-10,12H2,(H2,17,21)(H,22,25);1H. The van der Waals surface area contributed by atoms with Crippen molar-refractivity contribution in [3.63, 3.8) is 0 Å². The summed E-state index contributed by atoms with van der Waals surface area (Å²) in [7, 11) is 0. The predicted molar refractivity (Wildman–Crippen MR) is 111 cm³/mol. The van der Waals surface area contributed by atoms with Gasteiger partial charge in [0.15, 0.2) is 5.96 Å². The second kappa shape index (κ2) is 9.85. The van der Waals surface area contributed by atoms with E-state index in [1.165, 1.54) is 0 Å². The van der Waals surface area contributed by atoms with Gasteiger partial charge in [-0.2, -0.15) is 0 Å². The van der Waals surface area contributed by atoms with Crippen molar-refractivity contribution in [1.82, 2.24) is 19.9 Å². The number of pyridine rings is 1. The molecule has 0 atom stereocenters. The quantitative estimate of drug-likeness (QED) is 0.383. The van der Waals surface area contributed by atoms with Crippen LogP contribution in [0.2, 0.25) is 0 Å². The number of guanidine groups is 1. The van der Waals surface area contributed by atoms with E-state index in [1.54, 1.807) is 43.0 Å². The molecule has 1 aliphatic rings. The van der Waals surface area contributed by atoms with Crippen LogP contribution in [0.25, 0.3) is 0 Å². The highest BCUT2D eigenvalue weighted by Crippen LogP contribution is 2.09. The molecule has 26 heavy (non-hydrogen) atoms. The van der Waals surface area contributed by atoms with E-state index in [9.17, 15) is 4.79 Å². The number of anilines is 2. The number of aromatic nitrogens is 3. The number of nitrogens with one attached hydrogen (secondary N) is 1. The first kappa shape index (κ1) is 19.8. The number of nitrogens with zero attached hydrogens (tertiary/aromatic N) is 6. The Balaban J connectivity index is 0.00000243. The third-order valence-electron chi connectivity index (χ3n) is 3.77. The highest BCUT2D eigenvalue weighted by atomic mass is 127. The van der Waals surface area contributed by atoms with Crippen molar-refractivity contribution in [2.24, 2.45) is 10.7 Å². The van der Waals surface area contributed by atoms with Gasteiger partial charge in [0.2, 0.25) is 11.9 Å². The van der Waals surface area contributed by atoms with Gasteiger partial charge in [0.05, 0.1) is 11.9 Å². The summed E-state index contributed by atoms with van der Waals surface area (Å²) >= 11 is 0. The van der Waals surface area contributed by atoms with Gasteiger partial charge < -0.3 is 20.9 Å². The van der Waals surface area contributed by atoms with Gasteiger partial charge in [-0.3, -0.25) is 9.78 Å². The fraction of sp³-hybridized carbons (Fsp3) is 0.312. The van der Waals surface area contributed by atoms with E-state index in [0.717, 1.165) is 13.1 Å². The highest BCUT2D eigenvalue weighted by molar-refractivity contribution is 14.0. The number of carbonyl (C=O) groups is 1. The molecular weight excluding hydrogens is 447 g/mol. The molecule has 2 aromatic rings. The van der Waals surface area contributed by atoms with E-state index in [-0.39, 0.29) is 36.4 Å². The minimum absolute atomic E-state index is 0. The molecule has 0 aliphatic carbocycles. The Labute approximate surface area is 168 Å². The predicted octanol–water partition coefficient (Wildman–Crippen LogP) is 0.565. The Morgan fingerprint density at radius 3 is 2.54 bits per heavy atom. The molecule has 0 spiro atoms. The van der Waals surface area contributed by atoms with Crippen LogP contribution in [0.4, 0.5) is 11.6 Å². The lowest BCUT2D eigenvalue weighted by atomic mass is 10.3. The van der Waals surface area contributed by atoms with Crippen molar-refractivity contribution in [3.05, 3.63) is 43.0 Å². The van der Waals surface area contributed by atoms with Crippen LogP contribution in [0.3, 0.4) is 0 Å². The van der Waals surface area contributed by atoms with Crippen LogP contribution in [0, 0.1) is 0 Å². The van der Waals surface area contributed by atoms with Gasteiger partial charge in [0.25, 0.3) is 0 Å². The van der Waals surface area contributed by atoms with E-state index in [4.69, 9.17) is 5.73 Å². The summed E-state index contributed by atoms with van der Waals surface area (Å²) in [6.45, 7) is 2.89. The van der Waals surface area contributed by atoms with Gasteiger partial charge in [0.1, 0.15) is 6.54 Å². The lowest BCUT2D eigenvalue weighted by molar-refractivity contribution is -0.114. The van der Waals surface area contributed by atoms with Gasteiger partial charge in [-0.05, 0) is 18.2 Å². The molecule has 0 bridgehead atoms. The number of nitrogens with two attached hydrogens (primary N) is 1. The zero-order valence-corrected chi connectivity index (χ0v) is 16.5. The maximum atomic E-state index is 11.9. The Hall–Kier alpha value is -2.50. The SMILES string of the molecule is I.NC(=NCC(=O)Nc1cccnc1)N1CCN(c2ncccn2)CC1. The summed E-state index contributed by atoms with van der Waals surface area (Å²) < 4.78 is 0. The molecule has 9 nitrogen and oxygen atoms in total. The number of hydrogen-bond donors (Lipinski definition) is 2. The van der Waals surface area contributed by atoms with Crippen molar-refractivity contribution in [1.29, 1.82) is 0 Å². The zero-order valence-electron chi connectivity index (χ0n) is 14.2. The summed E-state index contributed by atoms with van der Waals surface area (Å²) in [5.41, 5.74) is 6.64. The molecule has 1 saturated heterocycles. The fourth-order valence-electron chi connectivity index (χ4n) is 2.48. The Morgan fingerprint density at radius 2 is 1.88 bits per heavy atom. The molecule has 1 aliphatic heterocycles. The minimum Gasteiger partial charge on any atom is -0.370 e. The minimum atomic E-state index is -0.229. The number of carbonyl (C=O) groups excluding carboxylic acids is 1. The maximum Gasteiger partial charge on any atom is 0.246 e. The fourth-order valence-corrected chi connectivity index (χ4v) is 2.48. The van der Waals surface area contributed by atoms with E-state index in [1.807, 2.05) is 4.90 Å². The molecule has 2 aromatic heterocycles. The molecule has 3 rings (SSSR count). The van der Waals surface area contributed by atoms with Crippen molar-refractivity contribution in [2.75, 3.05) is 42.9 Å². The van der Waals surface area contributed by atoms with Crippen LogP contribution in [-0.4, -0.2) is 64.4 Å². The smallest absolute Gasteiger partial charge is 0.246 e. The molecular formula is C16H21IN8O. The lowest BCUT2D eigenvalue weighted by Gasteiger charge is -2.35. The van der Waals surface area contributed by atoms with Gasteiger partial charge in [-0.1, -0.05) is 0 Å². The number of halogens is 1. The number of piperazine rings is 1. The first-order valence-electron chi connectivity index (χ1n) is 7.99. The van der Waals surface area contributed by atoms with E-state index < -0.39 is 0 Å². The first-order chi connectivity index (χ1) is 12.2. The van der Waals surface area contributed by atoms with Crippen LogP contribution >= 0.6 is 24.0 Å². The summed E-state index contributed by atoms with van der Waals surface area (Å²) in [5, 5.41) is 2.72. The number of aliphatic imine (C=N–C) groups is 1. The third-order valence-corrected chi connectivity index (χ3v) is 3.77. The van der Waals surface area contributed by atoms with Gasteiger partial charge in [-0.25, -0.2) is 15.0 Å². The van der Waals surface area contributed by atoms with E-state index >= 15 is 0 Å². The molecule has 0 aromatic carbocycles. The Kier molecular flexibility index (Phi) is 7.51. The third kappa shape index (κ3) is 5.51.